The van der Waals surface area contributed by atoms with Crippen molar-refractivity contribution in [1.82, 2.24) is 0 Å². The monoisotopic (exact) mass is 309 g/mol. The fraction of sp³-hybridized carbons (Fsp3) is 0.286. The van der Waals surface area contributed by atoms with Crippen LogP contribution in [0.1, 0.15) is 18.1 Å². The largest absolute Gasteiger partial charge is 0.392 e. The third-order valence-corrected chi connectivity index (χ3v) is 6.86. The van der Waals surface area contributed by atoms with Crippen LogP contribution < -0.4 is 4.31 Å². The highest BCUT2D eigenvalue weighted by Gasteiger charge is 2.36. The Labute approximate surface area is 122 Å². The number of sulfonamides is 1. The van der Waals surface area contributed by atoms with E-state index in [1.54, 1.807) is 11.4 Å². The molecule has 4 nitrogen and oxygen atoms in total. The summed E-state index contributed by atoms with van der Waals surface area (Å²) in [7, 11) is -3.55. The van der Waals surface area contributed by atoms with Gasteiger partial charge in [-0.25, -0.2) is 8.42 Å². The van der Waals surface area contributed by atoms with E-state index >= 15 is 0 Å². The highest BCUT2D eigenvalue weighted by molar-refractivity contribution is 7.94. The normalized spacial score (nSPS) is 18.3. The molecule has 1 aliphatic heterocycles. The fourth-order valence-electron chi connectivity index (χ4n) is 2.57. The van der Waals surface area contributed by atoms with Crippen LogP contribution in [0.15, 0.2) is 39.9 Å². The summed E-state index contributed by atoms with van der Waals surface area (Å²) >= 11 is 1.15. The zero-order chi connectivity index (χ0) is 14.3. The molecule has 0 spiro atoms. The molecular formula is C14H15NO3S2. The first-order valence-electron chi connectivity index (χ1n) is 6.34. The van der Waals surface area contributed by atoms with Gasteiger partial charge in [-0.15, -0.1) is 11.3 Å². The topological polar surface area (TPSA) is 57.6 Å². The van der Waals surface area contributed by atoms with Gasteiger partial charge in [0.15, 0.2) is 0 Å². The second-order valence-electron chi connectivity index (χ2n) is 4.91. The van der Waals surface area contributed by atoms with Crippen molar-refractivity contribution in [3.05, 3.63) is 46.8 Å². The van der Waals surface area contributed by atoms with E-state index in [9.17, 15) is 8.42 Å². The van der Waals surface area contributed by atoms with Crippen molar-refractivity contribution in [2.75, 3.05) is 4.31 Å². The van der Waals surface area contributed by atoms with Crippen LogP contribution in [0, 0.1) is 0 Å². The van der Waals surface area contributed by atoms with E-state index in [1.807, 2.05) is 31.2 Å². The molecule has 20 heavy (non-hydrogen) atoms. The van der Waals surface area contributed by atoms with Crippen LogP contribution in [0.25, 0.3) is 0 Å². The number of aliphatic hydroxyl groups excluding tert-OH is 1. The molecule has 1 unspecified atom stereocenters. The molecule has 0 bridgehead atoms. The number of thiophene rings is 1. The molecule has 6 heteroatoms. The minimum atomic E-state index is -3.55. The van der Waals surface area contributed by atoms with Crippen LogP contribution in [0.4, 0.5) is 5.69 Å². The third kappa shape index (κ3) is 2.04. The molecule has 0 saturated carbocycles. The van der Waals surface area contributed by atoms with Crippen LogP contribution in [0.2, 0.25) is 0 Å². The maximum Gasteiger partial charge on any atom is 0.274 e. The Hall–Kier alpha value is -1.37. The number of hydrogen-bond acceptors (Lipinski definition) is 4. The first kappa shape index (κ1) is 13.6. The number of benzene rings is 1. The van der Waals surface area contributed by atoms with Gasteiger partial charge < -0.3 is 5.11 Å². The molecule has 2 aromatic rings. The summed E-state index contributed by atoms with van der Waals surface area (Å²) < 4.78 is 27.4. The van der Waals surface area contributed by atoms with Crippen molar-refractivity contribution in [3.8, 4) is 0 Å². The summed E-state index contributed by atoms with van der Waals surface area (Å²) in [5.74, 6) is 0. The van der Waals surface area contributed by atoms with Gasteiger partial charge in [0.25, 0.3) is 10.0 Å². The summed E-state index contributed by atoms with van der Waals surface area (Å²) in [6.07, 6.45) is 0.730. The van der Waals surface area contributed by atoms with E-state index in [2.05, 4.69) is 0 Å². The van der Waals surface area contributed by atoms with E-state index in [1.165, 1.54) is 4.31 Å². The number of hydrogen-bond donors (Lipinski definition) is 1. The van der Waals surface area contributed by atoms with Crippen LogP contribution in [0.5, 0.6) is 0 Å². The molecule has 1 aliphatic rings. The van der Waals surface area contributed by atoms with Gasteiger partial charge in [0.1, 0.15) is 4.21 Å². The summed E-state index contributed by atoms with van der Waals surface area (Å²) in [5, 5.41) is 10.8. The lowest BCUT2D eigenvalue weighted by molar-refractivity contribution is 0.282. The molecule has 106 valence electrons. The Kier molecular flexibility index (Phi) is 3.32. The van der Waals surface area contributed by atoms with Gasteiger partial charge in [0.2, 0.25) is 0 Å². The van der Waals surface area contributed by atoms with Gasteiger partial charge >= 0.3 is 0 Å². The molecule has 0 aliphatic carbocycles. The molecule has 1 N–H and O–H groups in total. The van der Waals surface area contributed by atoms with E-state index in [0.717, 1.165) is 29.0 Å². The number of fused-ring (bicyclic) bond motifs is 1. The van der Waals surface area contributed by atoms with Gasteiger partial charge in [-0.2, -0.15) is 0 Å². The zero-order valence-electron chi connectivity index (χ0n) is 11.0. The Morgan fingerprint density at radius 1 is 1.40 bits per heavy atom. The minimum Gasteiger partial charge on any atom is -0.392 e. The van der Waals surface area contributed by atoms with E-state index in [0.29, 0.717) is 5.56 Å². The third-order valence-electron chi connectivity index (χ3n) is 3.47. The molecule has 0 saturated heterocycles. The Morgan fingerprint density at radius 3 is 2.85 bits per heavy atom. The standard InChI is InChI=1S/C14H15NO3S2/c1-10-6-12-4-2-3-5-13(12)15(10)20(17,18)14-7-11(8-16)9-19-14/h2-5,7,9-10,16H,6,8H2,1H3. The predicted octanol–water partition coefficient (Wildman–Crippen LogP) is 2.38. The highest BCUT2D eigenvalue weighted by Crippen LogP contribution is 2.37. The van der Waals surface area contributed by atoms with Gasteiger partial charge in [-0.05, 0) is 42.0 Å². The summed E-state index contributed by atoms with van der Waals surface area (Å²) in [6, 6.07) is 9.06. The zero-order valence-corrected chi connectivity index (χ0v) is 12.6. The Bertz CT molecular complexity index is 736. The molecule has 2 heterocycles. The lowest BCUT2D eigenvalue weighted by Crippen LogP contribution is -2.35. The van der Waals surface area contributed by atoms with Crippen LogP contribution >= 0.6 is 11.3 Å². The summed E-state index contributed by atoms with van der Waals surface area (Å²) in [4.78, 5) is 0. The average Bonchev–Trinajstić information content (AvgIpc) is 3.01. The predicted molar refractivity (Wildman–Crippen MR) is 79.5 cm³/mol. The average molecular weight is 309 g/mol. The number of aliphatic hydroxyl groups is 1. The lowest BCUT2D eigenvalue weighted by atomic mass is 10.1. The smallest absolute Gasteiger partial charge is 0.274 e. The van der Waals surface area contributed by atoms with Gasteiger partial charge in [0, 0.05) is 6.04 Å². The van der Waals surface area contributed by atoms with E-state index in [-0.39, 0.29) is 16.9 Å². The fourth-order valence-corrected chi connectivity index (χ4v) is 5.55. The molecule has 0 radical (unpaired) electrons. The minimum absolute atomic E-state index is 0.0860. The second-order valence-corrected chi connectivity index (χ2v) is 7.87. The Morgan fingerprint density at radius 2 is 2.15 bits per heavy atom. The molecule has 1 aromatic heterocycles. The molecule has 1 aromatic carbocycles. The van der Waals surface area contributed by atoms with Gasteiger partial charge in [-0.3, -0.25) is 4.31 Å². The van der Waals surface area contributed by atoms with Crippen LogP contribution in [-0.2, 0) is 23.1 Å². The van der Waals surface area contributed by atoms with Crippen LogP contribution in [-0.4, -0.2) is 19.6 Å². The maximum atomic E-state index is 12.8. The lowest BCUT2D eigenvalue weighted by Gasteiger charge is -2.23. The Balaban J connectivity index is 2.07. The molecule has 0 fully saturated rings. The number of rotatable bonds is 3. The summed E-state index contributed by atoms with van der Waals surface area (Å²) in [6.45, 7) is 1.77. The number of nitrogens with zero attached hydrogens (tertiary/aromatic N) is 1. The quantitative estimate of drug-likeness (QED) is 0.947. The van der Waals surface area contributed by atoms with Gasteiger partial charge in [0.05, 0.1) is 12.3 Å². The molecular weight excluding hydrogens is 294 g/mol. The molecule has 0 amide bonds. The maximum absolute atomic E-state index is 12.8. The first-order valence-corrected chi connectivity index (χ1v) is 8.66. The summed E-state index contributed by atoms with van der Waals surface area (Å²) in [5.41, 5.74) is 2.45. The van der Waals surface area contributed by atoms with Crippen molar-refractivity contribution in [2.24, 2.45) is 0 Å². The van der Waals surface area contributed by atoms with Crippen molar-refractivity contribution in [2.45, 2.75) is 30.2 Å². The van der Waals surface area contributed by atoms with E-state index < -0.39 is 10.0 Å². The number of para-hydroxylation sites is 1. The van der Waals surface area contributed by atoms with Crippen molar-refractivity contribution >= 4 is 27.0 Å². The number of anilines is 1. The van der Waals surface area contributed by atoms with E-state index in [4.69, 9.17) is 5.11 Å². The highest BCUT2D eigenvalue weighted by atomic mass is 32.2. The second kappa shape index (κ2) is 4.87. The van der Waals surface area contributed by atoms with Crippen molar-refractivity contribution < 1.29 is 13.5 Å². The van der Waals surface area contributed by atoms with Gasteiger partial charge in [-0.1, -0.05) is 18.2 Å². The molecule has 3 rings (SSSR count). The van der Waals surface area contributed by atoms with Crippen LogP contribution in [0.3, 0.4) is 0 Å². The van der Waals surface area contributed by atoms with Crippen molar-refractivity contribution in [3.63, 3.8) is 0 Å². The van der Waals surface area contributed by atoms with Crippen molar-refractivity contribution in [1.29, 1.82) is 0 Å². The SMILES string of the molecule is CC1Cc2ccccc2N1S(=O)(=O)c1cc(CO)cs1. The molecule has 1 atom stereocenters. The first-order chi connectivity index (χ1) is 9.54.